The van der Waals surface area contributed by atoms with E-state index in [9.17, 15) is 9.59 Å². The van der Waals surface area contributed by atoms with Crippen LogP contribution in [0.4, 0.5) is 0 Å². The summed E-state index contributed by atoms with van der Waals surface area (Å²) in [6, 6.07) is 0. The molecule has 17 heavy (non-hydrogen) atoms. The molecule has 0 saturated carbocycles. The van der Waals surface area contributed by atoms with Gasteiger partial charge in [-0.15, -0.1) is 0 Å². The Balaban J connectivity index is 3.57. The largest absolute Gasteiger partial charge is 0.463 e. The molecular formula is C11H20O6. The van der Waals surface area contributed by atoms with Crippen molar-refractivity contribution in [2.24, 2.45) is 0 Å². The van der Waals surface area contributed by atoms with Gasteiger partial charge in [-0.2, -0.15) is 0 Å². The van der Waals surface area contributed by atoms with Crippen LogP contribution in [0.5, 0.6) is 0 Å². The number of ether oxygens (including phenoxy) is 4. The molecule has 0 N–H and O–H groups in total. The first-order valence-corrected chi connectivity index (χ1v) is 5.38. The Morgan fingerprint density at radius 1 is 0.824 bits per heavy atom. The lowest BCUT2D eigenvalue weighted by molar-refractivity contribution is -0.223. The Bertz CT molecular complexity index is 224. The predicted octanol–water partition coefficient (Wildman–Crippen LogP) is 0.882. The molecule has 100 valence electrons. The molecule has 0 bridgehead atoms. The minimum absolute atomic E-state index is 0.187. The van der Waals surface area contributed by atoms with E-state index in [1.807, 2.05) is 0 Å². The summed E-state index contributed by atoms with van der Waals surface area (Å²) in [4.78, 5) is 21.0. The summed E-state index contributed by atoms with van der Waals surface area (Å²) in [5.74, 6) is -1.50. The van der Waals surface area contributed by atoms with Crippen LogP contribution in [0.25, 0.3) is 0 Å². The summed E-state index contributed by atoms with van der Waals surface area (Å²) in [5.41, 5.74) is 0. The summed E-state index contributed by atoms with van der Waals surface area (Å²) < 4.78 is 20.1. The molecule has 0 heterocycles. The van der Waals surface area contributed by atoms with Crippen molar-refractivity contribution in [3.05, 3.63) is 0 Å². The van der Waals surface area contributed by atoms with E-state index in [1.54, 1.807) is 13.8 Å². The maximum atomic E-state index is 10.5. The number of esters is 2. The van der Waals surface area contributed by atoms with Crippen molar-refractivity contribution in [3.63, 3.8) is 0 Å². The van der Waals surface area contributed by atoms with Gasteiger partial charge in [0.2, 0.25) is 0 Å². The van der Waals surface area contributed by atoms with Gasteiger partial charge in [-0.05, 0) is 13.8 Å². The quantitative estimate of drug-likeness (QED) is 0.361. The minimum atomic E-state index is -0.805. The van der Waals surface area contributed by atoms with Gasteiger partial charge >= 0.3 is 11.9 Å². The van der Waals surface area contributed by atoms with Crippen molar-refractivity contribution in [3.8, 4) is 0 Å². The molecule has 0 amide bonds. The van der Waals surface area contributed by atoms with Crippen LogP contribution in [0.1, 0.15) is 27.7 Å². The third kappa shape index (κ3) is 11.1. The lowest BCUT2D eigenvalue weighted by Crippen LogP contribution is -2.31. The van der Waals surface area contributed by atoms with Gasteiger partial charge in [0.1, 0.15) is 13.2 Å². The fourth-order valence-electron chi connectivity index (χ4n) is 0.987. The molecule has 0 spiro atoms. The molecule has 0 radical (unpaired) electrons. The molecule has 0 aliphatic heterocycles. The molecule has 0 atom stereocenters. The Morgan fingerprint density at radius 2 is 1.18 bits per heavy atom. The van der Waals surface area contributed by atoms with Crippen molar-refractivity contribution in [2.45, 2.75) is 33.5 Å². The third-order valence-electron chi connectivity index (χ3n) is 1.68. The zero-order valence-electron chi connectivity index (χ0n) is 10.8. The second kappa shape index (κ2) is 8.03. The summed E-state index contributed by atoms with van der Waals surface area (Å²) in [6.45, 7) is 7.00. The fraction of sp³-hybridized carbons (Fsp3) is 0.818. The molecule has 0 aromatic rings. The van der Waals surface area contributed by atoms with Crippen LogP contribution in [0, 0.1) is 0 Å². The second-order valence-electron chi connectivity index (χ2n) is 3.78. The molecule has 0 rings (SSSR count). The Morgan fingerprint density at radius 3 is 1.47 bits per heavy atom. The van der Waals surface area contributed by atoms with E-state index in [2.05, 4.69) is 0 Å². The zero-order valence-corrected chi connectivity index (χ0v) is 10.8. The van der Waals surface area contributed by atoms with Crippen LogP contribution < -0.4 is 0 Å². The highest BCUT2D eigenvalue weighted by molar-refractivity contribution is 5.66. The molecular weight excluding hydrogens is 228 g/mol. The van der Waals surface area contributed by atoms with Crippen LogP contribution in [0.3, 0.4) is 0 Å². The Kier molecular flexibility index (Phi) is 7.49. The summed E-state index contributed by atoms with van der Waals surface area (Å²) >= 11 is 0. The standard InChI is InChI=1S/C11H20O6/c1-9(12)14-5-7-16-11(3,4)17-8-6-15-10(2)13/h5-8H2,1-4H3. The smallest absolute Gasteiger partial charge is 0.302 e. The van der Waals surface area contributed by atoms with Crippen molar-refractivity contribution >= 4 is 11.9 Å². The van der Waals surface area contributed by atoms with Gasteiger partial charge in [-0.25, -0.2) is 0 Å². The van der Waals surface area contributed by atoms with E-state index in [4.69, 9.17) is 18.9 Å². The van der Waals surface area contributed by atoms with Crippen molar-refractivity contribution < 1.29 is 28.5 Å². The van der Waals surface area contributed by atoms with E-state index in [0.29, 0.717) is 0 Å². The van der Waals surface area contributed by atoms with Crippen molar-refractivity contribution in [1.29, 1.82) is 0 Å². The number of carbonyl (C=O) groups is 2. The van der Waals surface area contributed by atoms with Crippen LogP contribution >= 0.6 is 0 Å². The van der Waals surface area contributed by atoms with Crippen LogP contribution in [0.2, 0.25) is 0 Å². The molecule has 0 aromatic carbocycles. The van der Waals surface area contributed by atoms with E-state index >= 15 is 0 Å². The van der Waals surface area contributed by atoms with Gasteiger partial charge in [0, 0.05) is 13.8 Å². The summed E-state index contributed by atoms with van der Waals surface area (Å²) in [5, 5.41) is 0. The van der Waals surface area contributed by atoms with E-state index < -0.39 is 5.79 Å². The zero-order chi connectivity index (χ0) is 13.3. The number of carbonyl (C=O) groups excluding carboxylic acids is 2. The molecule has 0 aliphatic rings. The lowest BCUT2D eigenvalue weighted by atomic mass is 10.4. The number of hydrogen-bond donors (Lipinski definition) is 0. The van der Waals surface area contributed by atoms with Gasteiger partial charge in [0.05, 0.1) is 13.2 Å². The predicted molar refractivity (Wildman–Crippen MR) is 59.2 cm³/mol. The Labute approximate surface area is 101 Å². The van der Waals surface area contributed by atoms with Gasteiger partial charge in [-0.3, -0.25) is 9.59 Å². The third-order valence-corrected chi connectivity index (χ3v) is 1.68. The van der Waals surface area contributed by atoms with Gasteiger partial charge in [0.15, 0.2) is 5.79 Å². The molecule has 0 unspecified atom stereocenters. The van der Waals surface area contributed by atoms with E-state index in [0.717, 1.165) is 0 Å². The van der Waals surface area contributed by atoms with Gasteiger partial charge in [0.25, 0.3) is 0 Å². The molecule has 6 nitrogen and oxygen atoms in total. The minimum Gasteiger partial charge on any atom is -0.463 e. The molecule has 0 aromatic heterocycles. The van der Waals surface area contributed by atoms with E-state index in [1.165, 1.54) is 13.8 Å². The van der Waals surface area contributed by atoms with Crippen LogP contribution in [-0.4, -0.2) is 44.2 Å². The fourth-order valence-corrected chi connectivity index (χ4v) is 0.987. The lowest BCUT2D eigenvalue weighted by Gasteiger charge is -2.25. The first-order valence-electron chi connectivity index (χ1n) is 5.38. The highest BCUT2D eigenvalue weighted by atomic mass is 16.7. The van der Waals surface area contributed by atoms with Crippen molar-refractivity contribution in [2.75, 3.05) is 26.4 Å². The summed E-state index contributed by atoms with van der Waals surface area (Å²) in [6.07, 6.45) is 0. The number of hydrogen-bond acceptors (Lipinski definition) is 6. The monoisotopic (exact) mass is 248 g/mol. The van der Waals surface area contributed by atoms with Crippen LogP contribution in [-0.2, 0) is 28.5 Å². The average Bonchev–Trinajstić information content (AvgIpc) is 2.19. The van der Waals surface area contributed by atoms with Gasteiger partial charge < -0.3 is 18.9 Å². The second-order valence-corrected chi connectivity index (χ2v) is 3.78. The topological polar surface area (TPSA) is 71.1 Å². The highest BCUT2D eigenvalue weighted by Gasteiger charge is 2.18. The van der Waals surface area contributed by atoms with Gasteiger partial charge in [-0.1, -0.05) is 0 Å². The van der Waals surface area contributed by atoms with E-state index in [-0.39, 0.29) is 38.4 Å². The first-order chi connectivity index (χ1) is 7.83. The molecule has 0 aliphatic carbocycles. The summed E-state index contributed by atoms with van der Waals surface area (Å²) in [7, 11) is 0. The average molecular weight is 248 g/mol. The SMILES string of the molecule is CC(=O)OCCOC(C)(C)OCCOC(C)=O. The molecule has 6 heteroatoms. The maximum Gasteiger partial charge on any atom is 0.302 e. The first kappa shape index (κ1) is 15.9. The van der Waals surface area contributed by atoms with Crippen molar-refractivity contribution in [1.82, 2.24) is 0 Å². The van der Waals surface area contributed by atoms with Crippen LogP contribution in [0.15, 0.2) is 0 Å². The number of rotatable bonds is 8. The maximum absolute atomic E-state index is 10.5. The molecule has 0 fully saturated rings. The Hall–Kier alpha value is -1.14. The molecule has 0 saturated heterocycles. The normalized spacial score (nSPS) is 11.1. The highest BCUT2D eigenvalue weighted by Crippen LogP contribution is 2.10.